The van der Waals surface area contributed by atoms with Crippen LogP contribution in [0.15, 0.2) is 0 Å². The highest BCUT2D eigenvalue weighted by atomic mass is 19.4. The molecule has 5 nitrogen and oxygen atoms in total. The molecule has 1 amide bonds. The molecule has 0 bridgehead atoms. The monoisotopic (exact) mass is 283 g/mol. The molecule has 1 fully saturated rings. The van der Waals surface area contributed by atoms with Crippen molar-refractivity contribution < 1.29 is 32.6 Å². The van der Waals surface area contributed by atoms with Crippen LogP contribution in [0.5, 0.6) is 0 Å². The van der Waals surface area contributed by atoms with Crippen LogP contribution in [-0.2, 0) is 14.3 Å². The van der Waals surface area contributed by atoms with Crippen molar-refractivity contribution in [3.8, 4) is 0 Å². The second-order valence-corrected chi connectivity index (χ2v) is 4.41. The summed E-state index contributed by atoms with van der Waals surface area (Å²) >= 11 is 0. The maximum absolute atomic E-state index is 11.8. The van der Waals surface area contributed by atoms with Crippen LogP contribution in [-0.4, -0.2) is 54.4 Å². The molecule has 1 saturated heterocycles. The summed E-state index contributed by atoms with van der Waals surface area (Å²) in [5.74, 6) is -1.73. The first kappa shape index (κ1) is 15.7. The summed E-state index contributed by atoms with van der Waals surface area (Å²) in [6, 6.07) is 0. The maximum Gasteiger partial charge on any atom is 0.391 e. The third kappa shape index (κ3) is 5.91. The number of aliphatic carboxylic acids is 1. The number of carbonyl (C=O) groups is 2. The van der Waals surface area contributed by atoms with Gasteiger partial charge in [0.1, 0.15) is 6.61 Å². The molecule has 1 rings (SSSR count). The number of alkyl halides is 3. The van der Waals surface area contributed by atoms with Crippen LogP contribution in [0, 0.1) is 5.92 Å². The van der Waals surface area contributed by atoms with E-state index < -0.39 is 43.6 Å². The van der Waals surface area contributed by atoms with Crippen LogP contribution in [0.1, 0.15) is 19.3 Å². The highest BCUT2D eigenvalue weighted by Gasteiger charge is 2.28. The van der Waals surface area contributed by atoms with Crippen molar-refractivity contribution in [2.24, 2.45) is 5.92 Å². The smallest absolute Gasteiger partial charge is 0.391 e. The van der Waals surface area contributed by atoms with E-state index in [1.165, 1.54) is 4.90 Å². The summed E-state index contributed by atoms with van der Waals surface area (Å²) in [5.41, 5.74) is 0. The number of amides is 1. The van der Waals surface area contributed by atoms with Gasteiger partial charge in [0.2, 0.25) is 5.91 Å². The Hall–Kier alpha value is -1.31. The fourth-order valence-electron chi connectivity index (χ4n) is 1.81. The third-order valence-corrected chi connectivity index (χ3v) is 2.95. The van der Waals surface area contributed by atoms with Crippen molar-refractivity contribution in [1.29, 1.82) is 0 Å². The lowest BCUT2D eigenvalue weighted by Crippen LogP contribution is -2.42. The van der Waals surface area contributed by atoms with E-state index in [1.54, 1.807) is 0 Å². The summed E-state index contributed by atoms with van der Waals surface area (Å²) in [4.78, 5) is 23.7. The zero-order valence-electron chi connectivity index (χ0n) is 10.3. The SMILES string of the molecule is O=C(O)C1CCN(C(=O)COCCC(F)(F)F)CC1. The van der Waals surface area contributed by atoms with Gasteiger partial charge in [-0.05, 0) is 12.8 Å². The summed E-state index contributed by atoms with van der Waals surface area (Å²) in [6.07, 6.45) is -4.64. The van der Waals surface area contributed by atoms with E-state index in [4.69, 9.17) is 5.11 Å². The minimum Gasteiger partial charge on any atom is -0.481 e. The number of rotatable bonds is 5. The third-order valence-electron chi connectivity index (χ3n) is 2.95. The van der Waals surface area contributed by atoms with E-state index in [9.17, 15) is 22.8 Å². The van der Waals surface area contributed by atoms with Crippen LogP contribution >= 0.6 is 0 Å². The van der Waals surface area contributed by atoms with E-state index >= 15 is 0 Å². The Morgan fingerprint density at radius 2 is 1.84 bits per heavy atom. The Morgan fingerprint density at radius 1 is 1.26 bits per heavy atom. The van der Waals surface area contributed by atoms with E-state index in [2.05, 4.69) is 4.74 Å². The van der Waals surface area contributed by atoms with E-state index in [0.717, 1.165) is 0 Å². The number of carboxylic acids is 1. The van der Waals surface area contributed by atoms with E-state index in [0.29, 0.717) is 25.9 Å². The molecule has 8 heteroatoms. The van der Waals surface area contributed by atoms with Gasteiger partial charge in [0.15, 0.2) is 0 Å². The van der Waals surface area contributed by atoms with Crippen molar-refractivity contribution in [3.05, 3.63) is 0 Å². The van der Waals surface area contributed by atoms with Gasteiger partial charge in [-0.15, -0.1) is 0 Å². The van der Waals surface area contributed by atoms with Crippen molar-refractivity contribution in [2.75, 3.05) is 26.3 Å². The highest BCUT2D eigenvalue weighted by molar-refractivity contribution is 5.78. The highest BCUT2D eigenvalue weighted by Crippen LogP contribution is 2.19. The summed E-state index contributed by atoms with van der Waals surface area (Å²) in [5, 5.41) is 8.78. The van der Waals surface area contributed by atoms with Gasteiger partial charge < -0.3 is 14.7 Å². The van der Waals surface area contributed by atoms with Gasteiger partial charge >= 0.3 is 12.1 Å². The number of piperidine rings is 1. The molecule has 0 atom stereocenters. The molecule has 0 spiro atoms. The molecule has 110 valence electrons. The molecule has 1 aliphatic rings. The largest absolute Gasteiger partial charge is 0.481 e. The van der Waals surface area contributed by atoms with Gasteiger partial charge in [0, 0.05) is 13.1 Å². The number of ether oxygens (including phenoxy) is 1. The Balaban J connectivity index is 2.19. The predicted octanol–water partition coefficient (Wildman–Crippen LogP) is 1.28. The fourth-order valence-corrected chi connectivity index (χ4v) is 1.81. The number of carbonyl (C=O) groups excluding carboxylic acids is 1. The van der Waals surface area contributed by atoms with Crippen LogP contribution in [0.2, 0.25) is 0 Å². The molecule has 0 unspecified atom stereocenters. The minimum atomic E-state index is -4.29. The number of carboxylic acid groups (broad SMARTS) is 1. The maximum atomic E-state index is 11.8. The molecule has 19 heavy (non-hydrogen) atoms. The first-order valence-electron chi connectivity index (χ1n) is 5.94. The molecule has 1 heterocycles. The van der Waals surface area contributed by atoms with Gasteiger partial charge in [0.05, 0.1) is 18.9 Å². The summed E-state index contributed by atoms with van der Waals surface area (Å²) in [7, 11) is 0. The first-order valence-corrected chi connectivity index (χ1v) is 5.94. The standard InChI is InChI=1S/C11H16F3NO4/c12-11(13,14)3-6-19-7-9(16)15-4-1-8(2-5-15)10(17)18/h8H,1-7H2,(H,17,18). The van der Waals surface area contributed by atoms with Crippen LogP contribution in [0.3, 0.4) is 0 Å². The zero-order chi connectivity index (χ0) is 14.5. The summed E-state index contributed by atoms with van der Waals surface area (Å²) < 4.78 is 40.1. The van der Waals surface area contributed by atoms with Crippen molar-refractivity contribution in [2.45, 2.75) is 25.4 Å². The lowest BCUT2D eigenvalue weighted by atomic mass is 9.97. The number of nitrogens with zero attached hydrogens (tertiary/aromatic N) is 1. The topological polar surface area (TPSA) is 66.8 Å². The van der Waals surface area contributed by atoms with Gasteiger partial charge in [-0.2, -0.15) is 13.2 Å². The van der Waals surface area contributed by atoms with Crippen LogP contribution < -0.4 is 0 Å². The van der Waals surface area contributed by atoms with Gasteiger partial charge in [-0.1, -0.05) is 0 Å². The normalized spacial score (nSPS) is 17.5. The number of hydrogen-bond donors (Lipinski definition) is 1. The number of hydrogen-bond acceptors (Lipinski definition) is 3. The molecule has 0 aromatic rings. The van der Waals surface area contributed by atoms with Crippen molar-refractivity contribution >= 4 is 11.9 Å². The lowest BCUT2D eigenvalue weighted by Gasteiger charge is -2.30. The Labute approximate surface area is 108 Å². The van der Waals surface area contributed by atoms with E-state index in [-0.39, 0.29) is 0 Å². The summed E-state index contributed by atoms with van der Waals surface area (Å²) in [6.45, 7) is -0.328. The predicted molar refractivity (Wildman–Crippen MR) is 58.4 cm³/mol. The Bertz CT molecular complexity index is 324. The number of likely N-dealkylation sites (tertiary alicyclic amines) is 1. The molecule has 0 aromatic heterocycles. The van der Waals surface area contributed by atoms with E-state index in [1.807, 2.05) is 0 Å². The second kappa shape index (κ2) is 6.74. The van der Waals surface area contributed by atoms with Crippen molar-refractivity contribution in [3.63, 3.8) is 0 Å². The quantitative estimate of drug-likeness (QED) is 0.772. The average molecular weight is 283 g/mol. The molecule has 0 aromatic carbocycles. The van der Waals surface area contributed by atoms with Gasteiger partial charge in [-0.3, -0.25) is 9.59 Å². The molecule has 0 radical (unpaired) electrons. The molecule has 1 aliphatic heterocycles. The molecule has 1 N–H and O–H groups in total. The van der Waals surface area contributed by atoms with Crippen LogP contribution in [0.25, 0.3) is 0 Å². The Morgan fingerprint density at radius 3 is 2.32 bits per heavy atom. The first-order chi connectivity index (χ1) is 8.79. The lowest BCUT2D eigenvalue weighted by molar-refractivity contribution is -0.153. The molecule has 0 saturated carbocycles. The zero-order valence-corrected chi connectivity index (χ0v) is 10.3. The molecular weight excluding hydrogens is 267 g/mol. The van der Waals surface area contributed by atoms with Crippen LogP contribution in [0.4, 0.5) is 13.2 Å². The van der Waals surface area contributed by atoms with Gasteiger partial charge in [0.25, 0.3) is 0 Å². The number of halogens is 3. The molecular formula is C11H16F3NO4. The second-order valence-electron chi connectivity index (χ2n) is 4.41. The fraction of sp³-hybridized carbons (Fsp3) is 0.818. The van der Waals surface area contributed by atoms with Crippen molar-refractivity contribution in [1.82, 2.24) is 4.90 Å². The minimum absolute atomic E-state index is 0.304. The molecule has 0 aliphatic carbocycles. The van der Waals surface area contributed by atoms with Gasteiger partial charge in [-0.25, -0.2) is 0 Å². The average Bonchev–Trinajstić information content (AvgIpc) is 2.33. The Kier molecular flexibility index (Phi) is 5.59.